The molecular weight excluding hydrogens is 313 g/mol. The molecule has 0 aromatic heterocycles. The Kier molecular flexibility index (Phi) is 16.1. The smallest absolute Gasteiger partial charge is 0.244 e. The molecule has 0 rings (SSSR count). The molecule has 0 saturated heterocycles. The van der Waals surface area contributed by atoms with E-state index in [9.17, 15) is 0 Å². The van der Waals surface area contributed by atoms with Crippen LogP contribution >= 0.6 is 17.9 Å². The van der Waals surface area contributed by atoms with Crippen molar-refractivity contribution in [3.8, 4) is 0 Å². The van der Waals surface area contributed by atoms with Gasteiger partial charge >= 0.3 is 0 Å². The van der Waals surface area contributed by atoms with Gasteiger partial charge in [0.15, 0.2) is 0 Å². The molecule has 94 valence electrons. The SMILES string of the molecule is CCCCCOP(=S)(S)OCCCCC.[Zn]. The summed E-state index contributed by atoms with van der Waals surface area (Å²) in [5.41, 5.74) is -2.25. The standard InChI is InChI=1S/C10H23O2PS2.Zn/c1-3-5-7-9-11-13(14,15)12-10-8-6-4-2;/h3-10H2,1-2H3,(H,14,15);. The number of hydrogen-bond donors (Lipinski definition) is 1. The first-order chi connectivity index (χ1) is 7.12. The van der Waals surface area contributed by atoms with Crippen LogP contribution in [0.4, 0.5) is 0 Å². The summed E-state index contributed by atoms with van der Waals surface area (Å²) in [6, 6.07) is 0. The molecule has 6 heteroatoms. The topological polar surface area (TPSA) is 18.5 Å². The second kappa shape index (κ2) is 13.0. The van der Waals surface area contributed by atoms with Crippen LogP contribution in [-0.2, 0) is 40.3 Å². The zero-order valence-electron chi connectivity index (χ0n) is 10.5. The summed E-state index contributed by atoms with van der Waals surface area (Å²) < 4.78 is 11.0. The van der Waals surface area contributed by atoms with Crippen molar-refractivity contribution in [3.63, 3.8) is 0 Å². The van der Waals surface area contributed by atoms with Crippen LogP contribution in [0.2, 0.25) is 0 Å². The third-order valence-electron chi connectivity index (χ3n) is 2.00. The van der Waals surface area contributed by atoms with Gasteiger partial charge in [-0.1, -0.05) is 51.8 Å². The molecule has 0 spiro atoms. The van der Waals surface area contributed by atoms with Crippen molar-refractivity contribution in [1.82, 2.24) is 0 Å². The molecule has 0 aliphatic heterocycles. The number of unbranched alkanes of at least 4 members (excludes halogenated alkanes) is 4. The van der Waals surface area contributed by atoms with Crippen molar-refractivity contribution in [2.75, 3.05) is 13.2 Å². The number of thiol groups is 1. The summed E-state index contributed by atoms with van der Waals surface area (Å²) in [7, 11) is 0. The maximum atomic E-state index is 5.48. The molecule has 16 heavy (non-hydrogen) atoms. The zero-order chi connectivity index (χ0) is 11.6. The summed E-state index contributed by atoms with van der Waals surface area (Å²) in [5.74, 6) is 0. The van der Waals surface area contributed by atoms with Gasteiger partial charge in [0.05, 0.1) is 13.2 Å². The molecule has 0 aromatic carbocycles. The van der Waals surface area contributed by atoms with Crippen molar-refractivity contribution < 1.29 is 28.5 Å². The maximum Gasteiger partial charge on any atom is 0.244 e. The predicted octanol–water partition coefficient (Wildman–Crippen LogP) is 4.55. The van der Waals surface area contributed by atoms with Gasteiger partial charge in [-0.2, -0.15) is 0 Å². The van der Waals surface area contributed by atoms with E-state index >= 15 is 0 Å². The fraction of sp³-hybridized carbons (Fsp3) is 1.00. The first-order valence-electron chi connectivity index (χ1n) is 5.74. The Balaban J connectivity index is 0. The van der Waals surface area contributed by atoms with Crippen LogP contribution < -0.4 is 0 Å². The molecule has 0 heterocycles. The Hall–Kier alpha value is 1.54. The van der Waals surface area contributed by atoms with E-state index in [0.29, 0.717) is 13.2 Å². The maximum absolute atomic E-state index is 5.48. The van der Waals surface area contributed by atoms with Crippen molar-refractivity contribution in [2.45, 2.75) is 52.4 Å². The summed E-state index contributed by atoms with van der Waals surface area (Å²) in [5, 5.41) is 0. The largest absolute Gasteiger partial charge is 0.322 e. The molecule has 0 aromatic rings. The van der Waals surface area contributed by atoms with Crippen LogP contribution in [0.3, 0.4) is 0 Å². The predicted molar refractivity (Wildman–Crippen MR) is 74.2 cm³/mol. The zero-order valence-corrected chi connectivity index (χ0v) is 16.1. The minimum atomic E-state index is -2.25. The summed E-state index contributed by atoms with van der Waals surface area (Å²) in [4.78, 5) is 0. The van der Waals surface area contributed by atoms with E-state index in [-0.39, 0.29) is 19.5 Å². The quantitative estimate of drug-likeness (QED) is 0.273. The van der Waals surface area contributed by atoms with E-state index in [1.165, 1.54) is 25.7 Å². The van der Waals surface area contributed by atoms with Crippen LogP contribution in [0.15, 0.2) is 0 Å². The number of hydrogen-bond acceptors (Lipinski definition) is 3. The van der Waals surface area contributed by atoms with E-state index < -0.39 is 5.69 Å². The molecule has 0 N–H and O–H groups in total. The first kappa shape index (κ1) is 19.9. The Labute approximate surface area is 123 Å². The summed E-state index contributed by atoms with van der Waals surface area (Å²) in [6.45, 7) is 5.70. The average molecular weight is 336 g/mol. The van der Waals surface area contributed by atoms with Gasteiger partial charge in [-0.3, -0.25) is 0 Å². The third kappa shape index (κ3) is 13.6. The second-order valence-corrected chi connectivity index (χ2v) is 8.84. The van der Waals surface area contributed by atoms with Gasteiger partial charge in [-0.05, 0) is 24.6 Å². The molecule has 0 radical (unpaired) electrons. The monoisotopic (exact) mass is 334 g/mol. The molecule has 0 aliphatic carbocycles. The van der Waals surface area contributed by atoms with Crippen molar-refractivity contribution in [1.29, 1.82) is 0 Å². The molecule has 2 nitrogen and oxygen atoms in total. The molecular formula is C10H23O2PS2Zn. The second-order valence-electron chi connectivity index (χ2n) is 3.55. The normalized spacial score (nSPS) is 11.2. The van der Waals surface area contributed by atoms with E-state index in [1.807, 2.05) is 0 Å². The van der Waals surface area contributed by atoms with Crippen LogP contribution in [0.5, 0.6) is 0 Å². The van der Waals surface area contributed by atoms with Crippen LogP contribution in [0.25, 0.3) is 0 Å². The Morgan fingerprint density at radius 3 is 1.62 bits per heavy atom. The molecule has 0 atom stereocenters. The fourth-order valence-electron chi connectivity index (χ4n) is 1.10. The van der Waals surface area contributed by atoms with Crippen LogP contribution in [-0.4, -0.2) is 13.2 Å². The van der Waals surface area contributed by atoms with Crippen molar-refractivity contribution in [3.05, 3.63) is 0 Å². The van der Waals surface area contributed by atoms with Gasteiger partial charge in [0.1, 0.15) is 0 Å². The Bertz CT molecular complexity index is 178. The van der Waals surface area contributed by atoms with Crippen molar-refractivity contribution in [2.24, 2.45) is 0 Å². The number of rotatable bonds is 10. The Morgan fingerprint density at radius 2 is 1.31 bits per heavy atom. The van der Waals surface area contributed by atoms with Gasteiger partial charge in [0, 0.05) is 19.5 Å². The van der Waals surface area contributed by atoms with Crippen LogP contribution in [0.1, 0.15) is 52.4 Å². The first-order valence-corrected chi connectivity index (χ1v) is 9.53. The Morgan fingerprint density at radius 1 is 0.938 bits per heavy atom. The summed E-state index contributed by atoms with van der Waals surface area (Å²) >= 11 is 9.45. The molecule has 0 aliphatic rings. The minimum Gasteiger partial charge on any atom is -0.322 e. The molecule has 0 fully saturated rings. The average Bonchev–Trinajstić information content (AvgIpc) is 2.20. The third-order valence-corrected chi connectivity index (χ3v) is 4.35. The minimum absolute atomic E-state index is 0. The van der Waals surface area contributed by atoms with Gasteiger partial charge in [-0.25, -0.2) is 0 Å². The van der Waals surface area contributed by atoms with E-state index in [2.05, 4.69) is 26.1 Å². The molecule has 0 amide bonds. The summed E-state index contributed by atoms with van der Waals surface area (Å²) in [6.07, 6.45) is 6.84. The molecule has 0 saturated carbocycles. The molecule has 0 unspecified atom stereocenters. The van der Waals surface area contributed by atoms with Gasteiger partial charge in [0.2, 0.25) is 5.69 Å². The van der Waals surface area contributed by atoms with Gasteiger partial charge < -0.3 is 9.05 Å². The van der Waals surface area contributed by atoms with Gasteiger partial charge in [-0.15, -0.1) is 0 Å². The van der Waals surface area contributed by atoms with E-state index in [1.54, 1.807) is 0 Å². The van der Waals surface area contributed by atoms with Gasteiger partial charge in [0.25, 0.3) is 0 Å². The fourth-order valence-corrected chi connectivity index (χ4v) is 2.83. The van der Waals surface area contributed by atoms with E-state index in [4.69, 9.17) is 20.9 Å². The van der Waals surface area contributed by atoms with E-state index in [0.717, 1.165) is 12.8 Å². The van der Waals surface area contributed by atoms with Crippen LogP contribution in [0, 0.1) is 0 Å². The van der Waals surface area contributed by atoms with Crippen molar-refractivity contribution >= 4 is 29.7 Å². The molecule has 0 bridgehead atoms.